The second-order valence-corrected chi connectivity index (χ2v) is 3.07. The van der Waals surface area contributed by atoms with Crippen molar-refractivity contribution in [1.29, 1.82) is 0 Å². The summed E-state index contributed by atoms with van der Waals surface area (Å²) in [5, 5.41) is 0. The molecule has 0 saturated carbocycles. The highest BCUT2D eigenvalue weighted by Crippen LogP contribution is 2.23. The van der Waals surface area contributed by atoms with Gasteiger partial charge < -0.3 is 0 Å². The number of hydrogen-bond acceptors (Lipinski definition) is 3. The maximum absolute atomic E-state index is 11.3. The first-order chi connectivity index (χ1) is 6.33. The van der Waals surface area contributed by atoms with Gasteiger partial charge in [-0.25, -0.2) is 9.97 Å². The van der Waals surface area contributed by atoms with Crippen LogP contribution in [0.4, 0.5) is 5.82 Å². The van der Waals surface area contributed by atoms with Gasteiger partial charge in [0, 0.05) is 18.3 Å². The normalized spacial score (nSPS) is 14.4. The Hall–Kier alpha value is -1.16. The number of alkyl halides is 1. The van der Waals surface area contributed by atoms with Gasteiger partial charge in [0.05, 0.1) is 0 Å². The Morgan fingerprint density at radius 1 is 1.69 bits per heavy atom. The van der Waals surface area contributed by atoms with Crippen LogP contribution in [0.2, 0.25) is 0 Å². The number of halogens is 1. The summed E-state index contributed by atoms with van der Waals surface area (Å²) in [6, 6.07) is 0. The molecule has 1 amide bonds. The number of amides is 1. The van der Waals surface area contributed by atoms with Crippen LogP contribution in [0.5, 0.6) is 0 Å². The molecule has 0 unspecified atom stereocenters. The fourth-order valence-electron chi connectivity index (χ4n) is 1.42. The van der Waals surface area contributed by atoms with E-state index >= 15 is 0 Å². The molecule has 13 heavy (non-hydrogen) atoms. The molecule has 0 saturated heterocycles. The molecule has 1 aliphatic rings. The molecular weight excluding hydrogens is 190 g/mol. The Labute approximate surface area is 80.5 Å². The summed E-state index contributed by atoms with van der Waals surface area (Å²) in [6.07, 6.45) is 4.00. The second kappa shape index (κ2) is 3.30. The van der Waals surface area contributed by atoms with Gasteiger partial charge in [0.25, 0.3) is 0 Å². The number of hydrogen-bond donors (Lipinski definition) is 0. The summed E-state index contributed by atoms with van der Waals surface area (Å²) < 4.78 is 0. The lowest BCUT2D eigenvalue weighted by Crippen LogP contribution is -2.30. The number of aromatic nitrogens is 2. The SMILES string of the molecule is O=C(CCl)N1CCc2cncnc21. The first-order valence-electron chi connectivity index (χ1n) is 3.98. The zero-order chi connectivity index (χ0) is 9.26. The molecule has 68 valence electrons. The highest BCUT2D eigenvalue weighted by molar-refractivity contribution is 6.29. The molecule has 0 N–H and O–H groups in total. The summed E-state index contributed by atoms with van der Waals surface area (Å²) in [5.41, 5.74) is 1.01. The molecule has 2 rings (SSSR count). The zero-order valence-corrected chi connectivity index (χ0v) is 7.66. The van der Waals surface area contributed by atoms with Gasteiger partial charge in [-0.3, -0.25) is 9.69 Å². The van der Waals surface area contributed by atoms with Gasteiger partial charge in [-0.2, -0.15) is 0 Å². The van der Waals surface area contributed by atoms with Crippen molar-refractivity contribution < 1.29 is 4.79 Å². The van der Waals surface area contributed by atoms with Gasteiger partial charge in [-0.15, -0.1) is 11.6 Å². The maximum Gasteiger partial charge on any atom is 0.243 e. The van der Waals surface area contributed by atoms with Crippen molar-refractivity contribution in [3.05, 3.63) is 18.1 Å². The zero-order valence-electron chi connectivity index (χ0n) is 6.90. The van der Waals surface area contributed by atoms with E-state index in [1.165, 1.54) is 6.33 Å². The van der Waals surface area contributed by atoms with Crippen LogP contribution >= 0.6 is 11.6 Å². The lowest BCUT2D eigenvalue weighted by Gasteiger charge is -2.13. The molecule has 0 aliphatic carbocycles. The standard InChI is InChI=1S/C8H8ClN3O/c9-3-7(13)12-2-1-6-4-10-5-11-8(6)12/h4-5H,1-3H2. The number of carbonyl (C=O) groups is 1. The summed E-state index contributed by atoms with van der Waals surface area (Å²) in [5.74, 6) is 0.614. The number of anilines is 1. The quantitative estimate of drug-likeness (QED) is 0.620. The van der Waals surface area contributed by atoms with Gasteiger partial charge in [-0.05, 0) is 6.42 Å². The third-order valence-corrected chi connectivity index (χ3v) is 2.27. The van der Waals surface area contributed by atoms with E-state index in [1.54, 1.807) is 11.1 Å². The average Bonchev–Trinajstić information content (AvgIpc) is 2.60. The second-order valence-electron chi connectivity index (χ2n) is 2.80. The number of fused-ring (bicyclic) bond motifs is 1. The van der Waals surface area contributed by atoms with E-state index in [9.17, 15) is 4.79 Å². The summed E-state index contributed by atoms with van der Waals surface area (Å²) in [4.78, 5) is 20.9. The van der Waals surface area contributed by atoms with Gasteiger partial charge in [0.2, 0.25) is 5.91 Å². The summed E-state index contributed by atoms with van der Waals surface area (Å²) in [7, 11) is 0. The lowest BCUT2D eigenvalue weighted by atomic mass is 10.3. The molecule has 0 fully saturated rings. The van der Waals surface area contributed by atoms with Crippen molar-refractivity contribution in [1.82, 2.24) is 9.97 Å². The van der Waals surface area contributed by atoms with Gasteiger partial charge in [-0.1, -0.05) is 0 Å². The molecule has 2 heterocycles. The molecule has 5 heteroatoms. The van der Waals surface area contributed by atoms with Gasteiger partial charge in [0.1, 0.15) is 18.0 Å². The minimum atomic E-state index is -0.0980. The van der Waals surface area contributed by atoms with Crippen LogP contribution in [0.15, 0.2) is 12.5 Å². The minimum absolute atomic E-state index is 0.00342. The van der Waals surface area contributed by atoms with Crippen LogP contribution in [0.3, 0.4) is 0 Å². The van der Waals surface area contributed by atoms with E-state index in [1.807, 2.05) is 0 Å². The minimum Gasteiger partial charge on any atom is -0.295 e. The van der Waals surface area contributed by atoms with Crippen LogP contribution in [0, 0.1) is 0 Å². The fraction of sp³-hybridized carbons (Fsp3) is 0.375. The Kier molecular flexibility index (Phi) is 2.14. The van der Waals surface area contributed by atoms with Gasteiger partial charge >= 0.3 is 0 Å². The summed E-state index contributed by atoms with van der Waals surface area (Å²) in [6.45, 7) is 0.666. The average molecular weight is 198 g/mol. The predicted molar refractivity (Wildman–Crippen MR) is 48.8 cm³/mol. The molecule has 0 radical (unpaired) electrons. The third-order valence-electron chi connectivity index (χ3n) is 2.04. The monoisotopic (exact) mass is 197 g/mol. The first kappa shape index (κ1) is 8.44. The molecule has 0 bridgehead atoms. The van der Waals surface area contributed by atoms with Crippen molar-refractivity contribution in [2.24, 2.45) is 0 Å². The van der Waals surface area contributed by atoms with E-state index in [4.69, 9.17) is 11.6 Å². The molecule has 1 aromatic heterocycles. The van der Waals surface area contributed by atoms with Crippen molar-refractivity contribution >= 4 is 23.3 Å². The van der Waals surface area contributed by atoms with Crippen LogP contribution < -0.4 is 4.90 Å². The number of rotatable bonds is 1. The van der Waals surface area contributed by atoms with Crippen molar-refractivity contribution in [3.8, 4) is 0 Å². The maximum atomic E-state index is 11.3. The summed E-state index contributed by atoms with van der Waals surface area (Å²) >= 11 is 5.46. The molecule has 4 nitrogen and oxygen atoms in total. The Balaban J connectivity index is 2.33. The molecular formula is C8H8ClN3O. The van der Waals surface area contributed by atoms with Crippen molar-refractivity contribution in [2.45, 2.75) is 6.42 Å². The highest BCUT2D eigenvalue weighted by atomic mass is 35.5. The predicted octanol–water partition coefficient (Wildman–Crippen LogP) is 0.605. The molecule has 0 atom stereocenters. The van der Waals surface area contributed by atoms with E-state index in [0.717, 1.165) is 12.0 Å². The lowest BCUT2D eigenvalue weighted by molar-refractivity contribution is -0.116. The molecule has 1 aliphatic heterocycles. The Bertz CT molecular complexity index is 342. The number of nitrogens with zero attached hydrogens (tertiary/aromatic N) is 3. The first-order valence-corrected chi connectivity index (χ1v) is 4.51. The van der Waals surface area contributed by atoms with Gasteiger partial charge in [0.15, 0.2) is 0 Å². The number of carbonyl (C=O) groups excluding carboxylic acids is 1. The van der Waals surface area contributed by atoms with E-state index in [-0.39, 0.29) is 11.8 Å². The third kappa shape index (κ3) is 1.37. The van der Waals surface area contributed by atoms with Crippen molar-refractivity contribution in [2.75, 3.05) is 17.3 Å². The Morgan fingerprint density at radius 3 is 3.31 bits per heavy atom. The molecule has 0 spiro atoms. The highest BCUT2D eigenvalue weighted by Gasteiger charge is 2.24. The fourth-order valence-corrected chi connectivity index (χ4v) is 1.57. The topological polar surface area (TPSA) is 46.1 Å². The molecule has 0 aromatic carbocycles. The largest absolute Gasteiger partial charge is 0.295 e. The van der Waals surface area contributed by atoms with Crippen LogP contribution in [0.1, 0.15) is 5.56 Å². The van der Waals surface area contributed by atoms with E-state index in [0.29, 0.717) is 12.4 Å². The van der Waals surface area contributed by atoms with Crippen molar-refractivity contribution in [3.63, 3.8) is 0 Å². The Morgan fingerprint density at radius 2 is 2.54 bits per heavy atom. The smallest absolute Gasteiger partial charge is 0.243 e. The molecule has 1 aromatic rings. The van der Waals surface area contributed by atoms with Crippen LogP contribution in [0.25, 0.3) is 0 Å². The van der Waals surface area contributed by atoms with Crippen LogP contribution in [-0.2, 0) is 11.2 Å². The van der Waals surface area contributed by atoms with E-state index in [2.05, 4.69) is 9.97 Å². The van der Waals surface area contributed by atoms with E-state index < -0.39 is 0 Å². The van der Waals surface area contributed by atoms with Crippen LogP contribution in [-0.4, -0.2) is 28.3 Å².